The highest BCUT2D eigenvalue weighted by atomic mass is 35.5. The first kappa shape index (κ1) is 22.4. The Hall–Kier alpha value is -0.850. The van der Waals surface area contributed by atoms with E-state index in [1.165, 1.54) is 0 Å². The van der Waals surface area contributed by atoms with E-state index in [2.05, 4.69) is 19.2 Å². The van der Waals surface area contributed by atoms with Gasteiger partial charge in [-0.1, -0.05) is 48.7 Å². The van der Waals surface area contributed by atoms with Gasteiger partial charge in [0.15, 0.2) is 0 Å². The lowest BCUT2D eigenvalue weighted by Crippen LogP contribution is -2.20. The second kappa shape index (κ2) is 14.1. The minimum absolute atomic E-state index is 0.0895. The smallest absolute Gasteiger partial charge is 0.429 e. The van der Waals surface area contributed by atoms with Crippen LogP contribution in [0.5, 0.6) is 0 Å². The second-order valence-corrected chi connectivity index (χ2v) is 4.96. The molecule has 0 spiro atoms. The summed E-state index contributed by atoms with van der Waals surface area (Å²) < 4.78 is 9.46. The van der Waals surface area contributed by atoms with Crippen molar-refractivity contribution in [3.8, 4) is 0 Å². The predicted molar refractivity (Wildman–Crippen MR) is 80.3 cm³/mol. The van der Waals surface area contributed by atoms with Crippen LogP contribution in [-0.2, 0) is 19.2 Å². The molecule has 124 valence electrons. The monoisotopic (exact) mass is 364 g/mol. The molecule has 0 saturated heterocycles. The molecule has 0 fully saturated rings. The SMILES string of the molecule is CCC(C)OC(=O)OOC(=O)OC(C)CC.ClC=C(Cl)Cl. The molecule has 0 saturated carbocycles. The molecule has 0 aromatic carbocycles. The third kappa shape index (κ3) is 17.1. The van der Waals surface area contributed by atoms with Crippen LogP contribution < -0.4 is 0 Å². The van der Waals surface area contributed by atoms with E-state index in [9.17, 15) is 9.59 Å². The number of hydrogen-bond donors (Lipinski definition) is 0. The quantitative estimate of drug-likeness (QED) is 0.382. The fourth-order valence-corrected chi connectivity index (χ4v) is 0.603. The molecule has 0 bridgehead atoms. The molecule has 0 aliphatic rings. The molecule has 6 nitrogen and oxygen atoms in total. The van der Waals surface area contributed by atoms with Gasteiger partial charge < -0.3 is 9.47 Å². The van der Waals surface area contributed by atoms with Crippen molar-refractivity contribution in [2.45, 2.75) is 52.7 Å². The van der Waals surface area contributed by atoms with Gasteiger partial charge in [-0.25, -0.2) is 0 Å². The zero-order valence-electron chi connectivity index (χ0n) is 12.2. The van der Waals surface area contributed by atoms with Crippen LogP contribution in [0.25, 0.3) is 0 Å². The molecule has 0 N–H and O–H groups in total. The topological polar surface area (TPSA) is 71.1 Å². The summed E-state index contributed by atoms with van der Waals surface area (Å²) in [5, 5.41) is 0. The highest BCUT2D eigenvalue weighted by Crippen LogP contribution is 2.06. The Kier molecular flexibility index (Phi) is 15.1. The maximum Gasteiger partial charge on any atom is 0.550 e. The van der Waals surface area contributed by atoms with Crippen molar-refractivity contribution in [3.63, 3.8) is 0 Å². The van der Waals surface area contributed by atoms with Crippen LogP contribution in [0.4, 0.5) is 9.59 Å². The Morgan fingerprint density at radius 3 is 1.43 bits per heavy atom. The van der Waals surface area contributed by atoms with Crippen LogP contribution in [0.15, 0.2) is 10.0 Å². The van der Waals surface area contributed by atoms with E-state index in [1.54, 1.807) is 13.8 Å². The van der Waals surface area contributed by atoms with Crippen molar-refractivity contribution in [3.05, 3.63) is 10.0 Å². The first-order valence-electron chi connectivity index (χ1n) is 6.13. The maximum atomic E-state index is 10.9. The highest BCUT2D eigenvalue weighted by molar-refractivity contribution is 6.58. The van der Waals surface area contributed by atoms with E-state index >= 15 is 0 Å². The van der Waals surface area contributed by atoms with Gasteiger partial charge in [-0.15, -0.1) is 0 Å². The summed E-state index contributed by atoms with van der Waals surface area (Å²) in [5.74, 6) is 0. The molecule has 0 heterocycles. The first-order valence-corrected chi connectivity index (χ1v) is 7.33. The number of hydrogen-bond acceptors (Lipinski definition) is 6. The Bertz CT molecular complexity index is 307. The summed E-state index contributed by atoms with van der Waals surface area (Å²) in [5.41, 5.74) is 1.09. The van der Waals surface area contributed by atoms with Gasteiger partial charge in [0.1, 0.15) is 16.7 Å². The Balaban J connectivity index is 0. The van der Waals surface area contributed by atoms with Gasteiger partial charge in [0.2, 0.25) is 0 Å². The number of carbonyl (C=O) groups is 2. The molecule has 21 heavy (non-hydrogen) atoms. The normalized spacial score (nSPS) is 12.0. The van der Waals surface area contributed by atoms with Gasteiger partial charge >= 0.3 is 12.3 Å². The maximum absolute atomic E-state index is 10.9. The molecule has 0 aromatic heterocycles. The van der Waals surface area contributed by atoms with Gasteiger partial charge in [-0.05, 0) is 26.7 Å². The Morgan fingerprint density at radius 2 is 1.24 bits per heavy atom. The largest absolute Gasteiger partial charge is 0.550 e. The second-order valence-electron chi connectivity index (χ2n) is 3.74. The lowest BCUT2D eigenvalue weighted by molar-refractivity contribution is -0.223. The third-order valence-electron chi connectivity index (χ3n) is 2.00. The van der Waals surface area contributed by atoms with Crippen molar-refractivity contribution in [2.75, 3.05) is 0 Å². The minimum atomic E-state index is -1.06. The molecule has 2 unspecified atom stereocenters. The van der Waals surface area contributed by atoms with Gasteiger partial charge in [-0.2, -0.15) is 19.4 Å². The standard InChI is InChI=1S/C10H18O6.C2HCl3/c1-5-7(3)13-9(11)15-16-10(12)14-8(4)6-2;3-1-2(4)5/h7-8H,5-6H2,1-4H3;1H. The molecule has 0 aliphatic carbocycles. The molecule has 0 radical (unpaired) electrons. The van der Waals surface area contributed by atoms with E-state index < -0.39 is 12.3 Å². The lowest BCUT2D eigenvalue weighted by Gasteiger charge is -2.11. The van der Waals surface area contributed by atoms with Crippen LogP contribution >= 0.6 is 34.8 Å². The van der Waals surface area contributed by atoms with E-state index in [4.69, 9.17) is 34.8 Å². The zero-order chi connectivity index (χ0) is 16.8. The summed E-state index contributed by atoms with van der Waals surface area (Å²) in [6.45, 7) is 7.07. The van der Waals surface area contributed by atoms with Crippen LogP contribution in [0.2, 0.25) is 0 Å². The van der Waals surface area contributed by atoms with Crippen LogP contribution in [0.1, 0.15) is 40.5 Å². The molecule has 0 amide bonds. The fourth-order valence-electron chi connectivity index (χ4n) is 0.603. The van der Waals surface area contributed by atoms with Crippen LogP contribution in [-0.4, -0.2) is 24.5 Å². The molecular formula is C12H19Cl3O6. The van der Waals surface area contributed by atoms with Gasteiger partial charge in [0.25, 0.3) is 0 Å². The minimum Gasteiger partial charge on any atom is -0.429 e. The fraction of sp³-hybridized carbons (Fsp3) is 0.667. The first-order chi connectivity index (χ1) is 9.76. The Labute approximate surface area is 139 Å². The summed E-state index contributed by atoms with van der Waals surface area (Å²) in [6.07, 6.45) is -1.41. The highest BCUT2D eigenvalue weighted by Gasteiger charge is 2.15. The van der Waals surface area contributed by atoms with Crippen molar-refractivity contribution in [1.82, 2.24) is 0 Å². The third-order valence-corrected chi connectivity index (χ3v) is 2.66. The number of halogens is 3. The van der Waals surface area contributed by atoms with Crippen molar-refractivity contribution < 1.29 is 28.8 Å². The summed E-state index contributed by atoms with van der Waals surface area (Å²) in [4.78, 5) is 30.0. The molecule has 0 rings (SSSR count). The van der Waals surface area contributed by atoms with Gasteiger partial charge in [0.05, 0.1) is 0 Å². The predicted octanol–water partition coefficient (Wildman–Crippen LogP) is 5.31. The van der Waals surface area contributed by atoms with Crippen molar-refractivity contribution in [2.24, 2.45) is 0 Å². The molecule has 0 aliphatic heterocycles. The summed E-state index contributed by atoms with van der Waals surface area (Å²) in [7, 11) is 0. The molecular weight excluding hydrogens is 346 g/mol. The van der Waals surface area contributed by atoms with E-state index in [0.29, 0.717) is 12.8 Å². The van der Waals surface area contributed by atoms with E-state index in [1.807, 2.05) is 13.8 Å². The number of carbonyl (C=O) groups excluding carboxylic acids is 2. The average molecular weight is 366 g/mol. The van der Waals surface area contributed by atoms with Crippen LogP contribution in [0, 0.1) is 0 Å². The van der Waals surface area contributed by atoms with Crippen LogP contribution in [0.3, 0.4) is 0 Å². The molecule has 9 heteroatoms. The van der Waals surface area contributed by atoms with Crippen molar-refractivity contribution >= 4 is 47.1 Å². The van der Waals surface area contributed by atoms with E-state index in [-0.39, 0.29) is 16.7 Å². The number of ether oxygens (including phenoxy) is 2. The number of rotatable bonds is 4. The zero-order valence-corrected chi connectivity index (χ0v) is 14.5. The molecule has 0 aromatic rings. The summed E-state index contributed by atoms with van der Waals surface area (Å²) >= 11 is 14.8. The lowest BCUT2D eigenvalue weighted by atomic mass is 10.3. The Morgan fingerprint density at radius 1 is 0.952 bits per heavy atom. The molecule has 2 atom stereocenters. The average Bonchev–Trinajstić information content (AvgIpc) is 2.45. The van der Waals surface area contributed by atoms with E-state index in [0.717, 1.165) is 5.54 Å². The van der Waals surface area contributed by atoms with Gasteiger partial charge in [0, 0.05) is 5.54 Å². The summed E-state index contributed by atoms with van der Waals surface area (Å²) in [6, 6.07) is 0. The van der Waals surface area contributed by atoms with Gasteiger partial charge in [-0.3, -0.25) is 0 Å². The van der Waals surface area contributed by atoms with Crippen molar-refractivity contribution in [1.29, 1.82) is 0 Å².